The van der Waals surface area contributed by atoms with Crippen LogP contribution in [0.25, 0.3) is 0 Å². The number of anilines is 1. The van der Waals surface area contributed by atoms with Crippen molar-refractivity contribution >= 4 is 21.9 Å². The molecule has 0 saturated carbocycles. The highest BCUT2D eigenvalue weighted by Gasteiger charge is 2.22. The maximum absolute atomic E-state index is 5.78. The molecular weight excluding hydrogens is 334 g/mol. The van der Waals surface area contributed by atoms with Gasteiger partial charge in [0.25, 0.3) is 0 Å². The topological polar surface area (TPSA) is 47.5 Å². The van der Waals surface area contributed by atoms with Gasteiger partial charge in [0.15, 0.2) is 0 Å². The summed E-state index contributed by atoms with van der Waals surface area (Å²) in [6.45, 7) is 8.62. The lowest BCUT2D eigenvalue weighted by molar-refractivity contribution is 0.0479. The van der Waals surface area contributed by atoms with E-state index in [-0.39, 0.29) is 6.10 Å². The summed E-state index contributed by atoms with van der Waals surface area (Å²) in [6, 6.07) is 1.88. The Labute approximate surface area is 135 Å². The quantitative estimate of drug-likeness (QED) is 0.732. The number of aromatic nitrogens is 2. The van der Waals surface area contributed by atoms with Crippen LogP contribution in [-0.2, 0) is 4.74 Å². The first-order chi connectivity index (χ1) is 10.1. The third-order valence-electron chi connectivity index (χ3n) is 3.33. The molecule has 2 rings (SSSR count). The van der Waals surface area contributed by atoms with Gasteiger partial charge >= 0.3 is 0 Å². The number of ether oxygens (including phenoxy) is 2. The summed E-state index contributed by atoms with van der Waals surface area (Å²) < 4.78 is 11.5. The van der Waals surface area contributed by atoms with E-state index in [0.717, 1.165) is 49.5 Å². The van der Waals surface area contributed by atoms with Crippen LogP contribution in [0.5, 0.6) is 5.88 Å². The molecule has 1 saturated heterocycles. The van der Waals surface area contributed by atoms with Crippen molar-refractivity contribution in [3.8, 4) is 5.88 Å². The zero-order valence-corrected chi connectivity index (χ0v) is 14.6. The van der Waals surface area contributed by atoms with E-state index in [2.05, 4.69) is 30.8 Å². The molecular formula is C15H24BrN3O2. The summed E-state index contributed by atoms with van der Waals surface area (Å²) in [7, 11) is 0. The molecule has 1 aromatic heterocycles. The molecule has 1 aliphatic rings. The van der Waals surface area contributed by atoms with Gasteiger partial charge in [-0.15, -0.1) is 0 Å². The Bertz CT molecular complexity index is 449. The lowest BCUT2D eigenvalue weighted by Crippen LogP contribution is -2.38. The lowest BCUT2D eigenvalue weighted by Gasteiger charge is -2.32. The number of halogens is 1. The van der Waals surface area contributed by atoms with Crippen LogP contribution in [0, 0.1) is 6.92 Å². The molecule has 0 atom stereocenters. The van der Waals surface area contributed by atoms with Gasteiger partial charge in [-0.3, -0.25) is 0 Å². The maximum atomic E-state index is 5.78. The number of alkyl halides is 1. The molecule has 0 N–H and O–H groups in total. The molecule has 0 radical (unpaired) electrons. The molecule has 0 bridgehead atoms. The number of nitrogens with zero attached hydrogens (tertiary/aromatic N) is 3. The second-order valence-electron chi connectivity index (χ2n) is 5.56. The van der Waals surface area contributed by atoms with Crippen LogP contribution in [0.3, 0.4) is 0 Å². The van der Waals surface area contributed by atoms with Crippen molar-refractivity contribution < 1.29 is 9.47 Å². The fourth-order valence-electron chi connectivity index (χ4n) is 2.40. The molecule has 6 heteroatoms. The monoisotopic (exact) mass is 357 g/mol. The Balaban J connectivity index is 1.97. The van der Waals surface area contributed by atoms with Crippen LogP contribution in [0.2, 0.25) is 0 Å². The first-order valence-corrected chi connectivity index (χ1v) is 8.65. The SMILES string of the molecule is Cc1cc(OC(C)C)nc(N2CCC(OCCBr)CC2)n1. The summed E-state index contributed by atoms with van der Waals surface area (Å²) >= 11 is 3.39. The van der Waals surface area contributed by atoms with Crippen molar-refractivity contribution in [3.63, 3.8) is 0 Å². The van der Waals surface area contributed by atoms with E-state index >= 15 is 0 Å². The summed E-state index contributed by atoms with van der Waals surface area (Å²) in [5, 5.41) is 0.893. The lowest BCUT2D eigenvalue weighted by atomic mass is 10.1. The molecule has 118 valence electrons. The fraction of sp³-hybridized carbons (Fsp3) is 0.733. The van der Waals surface area contributed by atoms with Gasteiger partial charge in [0.2, 0.25) is 11.8 Å². The second-order valence-corrected chi connectivity index (χ2v) is 6.35. The third kappa shape index (κ3) is 5.11. The van der Waals surface area contributed by atoms with E-state index in [1.807, 2.05) is 26.8 Å². The van der Waals surface area contributed by atoms with Crippen LogP contribution in [0.15, 0.2) is 6.07 Å². The fourth-order valence-corrected chi connectivity index (χ4v) is 2.59. The smallest absolute Gasteiger partial charge is 0.228 e. The van der Waals surface area contributed by atoms with Gasteiger partial charge < -0.3 is 14.4 Å². The molecule has 0 amide bonds. The Hall–Kier alpha value is -0.880. The highest BCUT2D eigenvalue weighted by Crippen LogP contribution is 2.21. The maximum Gasteiger partial charge on any atom is 0.228 e. The van der Waals surface area contributed by atoms with E-state index in [1.54, 1.807) is 0 Å². The van der Waals surface area contributed by atoms with Crippen molar-refractivity contribution in [1.29, 1.82) is 0 Å². The summed E-state index contributed by atoms with van der Waals surface area (Å²) in [5.74, 6) is 1.43. The molecule has 1 aliphatic heterocycles. The minimum atomic E-state index is 0.121. The van der Waals surface area contributed by atoms with Crippen molar-refractivity contribution in [1.82, 2.24) is 9.97 Å². The Morgan fingerprint density at radius 2 is 2.05 bits per heavy atom. The molecule has 0 aromatic carbocycles. The van der Waals surface area contributed by atoms with E-state index in [4.69, 9.17) is 9.47 Å². The van der Waals surface area contributed by atoms with Crippen molar-refractivity contribution in [2.45, 2.75) is 45.8 Å². The van der Waals surface area contributed by atoms with Gasteiger partial charge in [0.05, 0.1) is 18.8 Å². The first kappa shape index (κ1) is 16.5. The van der Waals surface area contributed by atoms with E-state index in [0.29, 0.717) is 12.0 Å². The first-order valence-electron chi connectivity index (χ1n) is 7.53. The Morgan fingerprint density at radius 3 is 2.67 bits per heavy atom. The summed E-state index contributed by atoms with van der Waals surface area (Å²) in [6.07, 6.45) is 2.51. The van der Waals surface area contributed by atoms with Crippen molar-refractivity contribution in [3.05, 3.63) is 11.8 Å². The molecule has 0 spiro atoms. The van der Waals surface area contributed by atoms with Crippen LogP contribution < -0.4 is 9.64 Å². The predicted octanol–water partition coefficient (Wildman–Crippen LogP) is 2.95. The summed E-state index contributed by atoms with van der Waals surface area (Å²) in [4.78, 5) is 11.3. The average molecular weight is 358 g/mol. The zero-order chi connectivity index (χ0) is 15.2. The van der Waals surface area contributed by atoms with E-state index in [1.165, 1.54) is 0 Å². The molecule has 21 heavy (non-hydrogen) atoms. The Morgan fingerprint density at radius 1 is 1.33 bits per heavy atom. The predicted molar refractivity (Wildman–Crippen MR) is 87.5 cm³/mol. The molecule has 5 nitrogen and oxygen atoms in total. The largest absolute Gasteiger partial charge is 0.475 e. The molecule has 1 fully saturated rings. The molecule has 0 aliphatic carbocycles. The third-order valence-corrected chi connectivity index (χ3v) is 3.65. The van der Waals surface area contributed by atoms with Gasteiger partial charge in [0.1, 0.15) is 0 Å². The Kier molecular flexibility index (Phi) is 6.23. The van der Waals surface area contributed by atoms with Gasteiger partial charge in [-0.2, -0.15) is 4.98 Å². The molecule has 1 aromatic rings. The minimum absolute atomic E-state index is 0.121. The van der Waals surface area contributed by atoms with Gasteiger partial charge in [-0.1, -0.05) is 15.9 Å². The summed E-state index contributed by atoms with van der Waals surface area (Å²) in [5.41, 5.74) is 0.938. The van der Waals surface area contributed by atoms with Crippen LogP contribution in [0.1, 0.15) is 32.4 Å². The molecule has 2 heterocycles. The number of aryl methyl sites for hydroxylation is 1. The average Bonchev–Trinajstić information content (AvgIpc) is 2.44. The number of rotatable bonds is 6. The highest BCUT2D eigenvalue weighted by molar-refractivity contribution is 9.09. The normalized spacial score (nSPS) is 16.5. The van der Waals surface area contributed by atoms with E-state index < -0.39 is 0 Å². The van der Waals surface area contributed by atoms with E-state index in [9.17, 15) is 0 Å². The zero-order valence-electron chi connectivity index (χ0n) is 13.0. The standard InChI is InChI=1S/C15H24BrN3O2/c1-11(2)21-14-10-12(3)17-15(18-14)19-7-4-13(5-8-19)20-9-6-16/h10-11,13H,4-9H2,1-3H3. The van der Waals surface area contributed by atoms with Crippen molar-refractivity contribution in [2.75, 3.05) is 29.9 Å². The van der Waals surface area contributed by atoms with Gasteiger partial charge in [-0.25, -0.2) is 4.98 Å². The van der Waals surface area contributed by atoms with Gasteiger partial charge in [0, 0.05) is 30.2 Å². The molecule has 0 unspecified atom stereocenters. The number of piperidine rings is 1. The van der Waals surface area contributed by atoms with Crippen LogP contribution >= 0.6 is 15.9 Å². The van der Waals surface area contributed by atoms with Crippen molar-refractivity contribution in [2.24, 2.45) is 0 Å². The van der Waals surface area contributed by atoms with Crippen LogP contribution in [-0.4, -0.2) is 47.2 Å². The second kappa shape index (κ2) is 7.94. The highest BCUT2D eigenvalue weighted by atomic mass is 79.9. The van der Waals surface area contributed by atoms with Crippen LogP contribution in [0.4, 0.5) is 5.95 Å². The van der Waals surface area contributed by atoms with Gasteiger partial charge in [-0.05, 0) is 33.6 Å². The number of hydrogen-bond acceptors (Lipinski definition) is 5. The number of hydrogen-bond donors (Lipinski definition) is 0. The minimum Gasteiger partial charge on any atom is -0.475 e.